The highest BCUT2D eigenvalue weighted by Crippen LogP contribution is 2.39. The van der Waals surface area contributed by atoms with Crippen LogP contribution in [0.25, 0.3) is 44.2 Å². The number of furan rings is 1. The van der Waals surface area contributed by atoms with Gasteiger partial charge in [-0.25, -0.2) is 0 Å². The van der Waals surface area contributed by atoms with Gasteiger partial charge in [0.1, 0.15) is 11.2 Å². The van der Waals surface area contributed by atoms with Crippen molar-refractivity contribution in [2.24, 2.45) is 0 Å². The number of nitrogens with zero attached hydrogens (tertiary/aromatic N) is 3. The summed E-state index contributed by atoms with van der Waals surface area (Å²) in [5.41, 5.74) is 9.82. The van der Waals surface area contributed by atoms with Gasteiger partial charge in [-0.05, 0) is 83.4 Å². The van der Waals surface area contributed by atoms with Crippen LogP contribution in [-0.4, -0.2) is 4.98 Å². The average Bonchev–Trinajstić information content (AvgIpc) is 3.42. The molecule has 4 nitrogen and oxygen atoms in total. The van der Waals surface area contributed by atoms with E-state index in [2.05, 4.69) is 88.7 Å². The molecule has 0 saturated heterocycles. The van der Waals surface area contributed by atoms with E-state index in [9.17, 15) is 5.26 Å². The molecule has 2 aromatic heterocycles. The molecular formula is C36H23N3O. The molecule has 4 heteroatoms. The van der Waals surface area contributed by atoms with Crippen molar-refractivity contribution in [2.75, 3.05) is 4.90 Å². The fraction of sp³-hybridized carbons (Fsp3) is 0. The van der Waals surface area contributed by atoms with Gasteiger partial charge in [0.15, 0.2) is 0 Å². The quantitative estimate of drug-likeness (QED) is 0.230. The number of benzene rings is 5. The molecule has 0 aliphatic rings. The van der Waals surface area contributed by atoms with Crippen LogP contribution in [0.2, 0.25) is 0 Å². The monoisotopic (exact) mass is 513 g/mol. The Balaban J connectivity index is 1.30. The molecule has 0 aliphatic heterocycles. The molecule has 0 saturated carbocycles. The average molecular weight is 514 g/mol. The van der Waals surface area contributed by atoms with E-state index in [1.54, 1.807) is 12.4 Å². The first-order valence-corrected chi connectivity index (χ1v) is 13.1. The predicted octanol–water partition coefficient (Wildman–Crippen LogP) is 9.66. The van der Waals surface area contributed by atoms with Crippen LogP contribution >= 0.6 is 0 Å². The summed E-state index contributed by atoms with van der Waals surface area (Å²) in [5.74, 6) is 0. The molecule has 7 rings (SSSR count). The summed E-state index contributed by atoms with van der Waals surface area (Å²) in [6.07, 6.45) is 3.61. The van der Waals surface area contributed by atoms with Crippen LogP contribution in [0.15, 0.2) is 144 Å². The molecular weight excluding hydrogens is 490 g/mol. The molecule has 2 heterocycles. The molecule has 7 aromatic rings. The van der Waals surface area contributed by atoms with Gasteiger partial charge in [0, 0.05) is 45.8 Å². The predicted molar refractivity (Wildman–Crippen MR) is 162 cm³/mol. The van der Waals surface area contributed by atoms with Gasteiger partial charge in [-0.3, -0.25) is 4.98 Å². The minimum Gasteiger partial charge on any atom is -0.455 e. The van der Waals surface area contributed by atoms with Crippen LogP contribution in [0.5, 0.6) is 0 Å². The van der Waals surface area contributed by atoms with E-state index in [-0.39, 0.29) is 0 Å². The highest BCUT2D eigenvalue weighted by molar-refractivity contribution is 6.09. The molecule has 0 amide bonds. The van der Waals surface area contributed by atoms with Gasteiger partial charge in [0.25, 0.3) is 0 Å². The van der Waals surface area contributed by atoms with Gasteiger partial charge in [0.05, 0.1) is 11.6 Å². The van der Waals surface area contributed by atoms with E-state index < -0.39 is 0 Å². The van der Waals surface area contributed by atoms with Crippen molar-refractivity contribution in [3.63, 3.8) is 0 Å². The Morgan fingerprint density at radius 3 is 1.80 bits per heavy atom. The number of anilines is 3. The second-order valence-corrected chi connectivity index (χ2v) is 9.60. The third-order valence-electron chi connectivity index (χ3n) is 7.23. The number of hydrogen-bond acceptors (Lipinski definition) is 4. The van der Waals surface area contributed by atoms with Crippen LogP contribution in [0, 0.1) is 11.3 Å². The largest absolute Gasteiger partial charge is 0.455 e. The summed E-state index contributed by atoms with van der Waals surface area (Å²) in [7, 11) is 0. The van der Waals surface area contributed by atoms with Crippen molar-refractivity contribution in [1.29, 1.82) is 5.26 Å². The second kappa shape index (κ2) is 9.90. The smallest absolute Gasteiger partial charge is 0.143 e. The fourth-order valence-electron chi connectivity index (χ4n) is 5.24. The van der Waals surface area contributed by atoms with Gasteiger partial charge in [-0.1, -0.05) is 60.7 Å². The zero-order valence-corrected chi connectivity index (χ0v) is 21.5. The van der Waals surface area contributed by atoms with Gasteiger partial charge >= 0.3 is 0 Å². The van der Waals surface area contributed by atoms with Crippen molar-refractivity contribution in [3.8, 4) is 28.3 Å². The van der Waals surface area contributed by atoms with Gasteiger partial charge in [0.2, 0.25) is 0 Å². The molecule has 0 fully saturated rings. The molecule has 0 unspecified atom stereocenters. The number of pyridine rings is 1. The van der Waals surface area contributed by atoms with Crippen LogP contribution < -0.4 is 4.90 Å². The van der Waals surface area contributed by atoms with Crippen molar-refractivity contribution in [3.05, 3.63) is 145 Å². The molecule has 0 radical (unpaired) electrons. The Bertz CT molecular complexity index is 1980. The maximum atomic E-state index is 9.32. The van der Waals surface area contributed by atoms with Crippen LogP contribution in [0.3, 0.4) is 0 Å². The third kappa shape index (κ3) is 4.16. The highest BCUT2D eigenvalue weighted by atomic mass is 16.3. The normalized spacial score (nSPS) is 11.0. The SMILES string of the molecule is N#Cc1ccc(N(c2ccc(-c3ccncc3)cc2)c2ccc(-c3cccc4c3oc3ccccc34)cc2)cc1. The molecule has 0 aliphatic carbocycles. The maximum absolute atomic E-state index is 9.32. The molecule has 40 heavy (non-hydrogen) atoms. The van der Waals surface area contributed by atoms with Gasteiger partial charge in [-0.2, -0.15) is 5.26 Å². The molecule has 0 atom stereocenters. The zero-order chi connectivity index (χ0) is 26.9. The Morgan fingerprint density at radius 1 is 0.550 bits per heavy atom. The standard InChI is InChI=1S/C36H23N3O/c37-24-25-8-14-29(15-9-25)39(30-16-10-26(11-17-30)27-20-22-38-23-21-27)31-18-12-28(13-19-31)32-5-3-6-34-33-4-1-2-7-35(33)40-36(32)34/h1-23H. The van der Waals surface area contributed by atoms with Gasteiger partial charge in [-0.15, -0.1) is 0 Å². The summed E-state index contributed by atoms with van der Waals surface area (Å²) in [6.45, 7) is 0. The van der Waals surface area contributed by atoms with Crippen LogP contribution in [0.1, 0.15) is 5.56 Å². The Morgan fingerprint density at radius 2 is 1.12 bits per heavy atom. The van der Waals surface area contributed by atoms with E-state index in [0.717, 1.165) is 61.3 Å². The van der Waals surface area contributed by atoms with E-state index >= 15 is 0 Å². The topological polar surface area (TPSA) is 53.1 Å². The van der Waals surface area contributed by atoms with Crippen molar-refractivity contribution in [1.82, 2.24) is 4.98 Å². The van der Waals surface area contributed by atoms with E-state index in [0.29, 0.717) is 5.56 Å². The number of aromatic nitrogens is 1. The lowest BCUT2D eigenvalue weighted by atomic mass is 10.0. The molecule has 0 bridgehead atoms. The van der Waals surface area contributed by atoms with Crippen molar-refractivity contribution in [2.45, 2.75) is 0 Å². The fourth-order valence-corrected chi connectivity index (χ4v) is 5.24. The minimum atomic E-state index is 0.631. The third-order valence-corrected chi connectivity index (χ3v) is 7.23. The maximum Gasteiger partial charge on any atom is 0.143 e. The summed E-state index contributed by atoms with van der Waals surface area (Å²) < 4.78 is 6.28. The first kappa shape index (κ1) is 23.5. The number of fused-ring (bicyclic) bond motifs is 3. The van der Waals surface area contributed by atoms with Crippen LogP contribution in [-0.2, 0) is 0 Å². The zero-order valence-electron chi connectivity index (χ0n) is 21.5. The summed E-state index contributed by atoms with van der Waals surface area (Å²) in [4.78, 5) is 6.33. The molecule has 0 N–H and O–H groups in total. The lowest BCUT2D eigenvalue weighted by Gasteiger charge is -2.26. The second-order valence-electron chi connectivity index (χ2n) is 9.60. The van der Waals surface area contributed by atoms with Crippen LogP contribution in [0.4, 0.5) is 17.1 Å². The lowest BCUT2D eigenvalue weighted by molar-refractivity contribution is 0.670. The van der Waals surface area contributed by atoms with E-state index in [1.165, 1.54) is 0 Å². The molecule has 5 aromatic carbocycles. The van der Waals surface area contributed by atoms with Crippen molar-refractivity contribution >= 4 is 39.0 Å². The number of nitriles is 1. The number of hydrogen-bond donors (Lipinski definition) is 0. The van der Waals surface area contributed by atoms with E-state index in [4.69, 9.17) is 4.42 Å². The highest BCUT2D eigenvalue weighted by Gasteiger charge is 2.15. The first-order valence-electron chi connectivity index (χ1n) is 13.1. The molecule has 0 spiro atoms. The first-order chi connectivity index (χ1) is 19.8. The minimum absolute atomic E-state index is 0.631. The summed E-state index contributed by atoms with van der Waals surface area (Å²) in [5, 5.41) is 11.6. The molecule has 188 valence electrons. The lowest BCUT2D eigenvalue weighted by Crippen LogP contribution is -2.09. The number of para-hydroxylation sites is 2. The Labute approximate surface area is 232 Å². The summed E-state index contributed by atoms with van der Waals surface area (Å²) >= 11 is 0. The Kier molecular flexibility index (Phi) is 5.81. The summed E-state index contributed by atoms with van der Waals surface area (Å²) in [6, 6.07) is 45.4. The van der Waals surface area contributed by atoms with Gasteiger partial charge < -0.3 is 9.32 Å². The number of rotatable bonds is 5. The Hall–Kier alpha value is -5.66. The van der Waals surface area contributed by atoms with Crippen molar-refractivity contribution < 1.29 is 4.42 Å². The van der Waals surface area contributed by atoms with E-state index in [1.807, 2.05) is 54.6 Å².